The monoisotopic (exact) mass is 396 g/mol. The molecule has 0 radical (unpaired) electrons. The zero-order chi connectivity index (χ0) is 19.1. The number of hydrogen-bond donors (Lipinski definition) is 0. The van der Waals surface area contributed by atoms with Crippen LogP contribution in [-0.4, -0.2) is 35.2 Å². The van der Waals surface area contributed by atoms with Gasteiger partial charge >= 0.3 is 0 Å². The highest BCUT2D eigenvalue weighted by atomic mass is 35.5. The van der Waals surface area contributed by atoms with Gasteiger partial charge in [0.1, 0.15) is 18.1 Å². The number of hydrogen-bond acceptors (Lipinski definition) is 5. The van der Waals surface area contributed by atoms with Crippen LogP contribution in [0.3, 0.4) is 0 Å². The minimum atomic E-state index is -0.657. The fourth-order valence-electron chi connectivity index (χ4n) is 3.58. The number of fused-ring (bicyclic) bond motifs is 2. The van der Waals surface area contributed by atoms with Crippen LogP contribution in [-0.2, 0) is 17.8 Å². The maximum atomic E-state index is 13.0. The van der Waals surface area contributed by atoms with Crippen LogP contribution in [0.5, 0.6) is 11.5 Å². The van der Waals surface area contributed by atoms with E-state index in [9.17, 15) is 4.79 Å². The highest BCUT2D eigenvalue weighted by molar-refractivity contribution is 6.30. The van der Waals surface area contributed by atoms with Gasteiger partial charge in [-0.3, -0.25) is 4.79 Å². The molecule has 1 aromatic heterocycles. The lowest BCUT2D eigenvalue weighted by molar-refractivity contribution is -0.142. The number of halogens is 1. The summed E-state index contributed by atoms with van der Waals surface area (Å²) in [5.41, 5.74) is 2.59. The zero-order valence-corrected chi connectivity index (χ0v) is 15.7. The molecule has 5 rings (SSSR count). The number of aromatic nitrogens is 1. The normalized spacial score (nSPS) is 17.9. The minimum Gasteiger partial charge on any atom is -0.485 e. The van der Waals surface area contributed by atoms with E-state index in [0.717, 1.165) is 22.6 Å². The van der Waals surface area contributed by atoms with E-state index in [1.54, 1.807) is 4.90 Å². The summed E-state index contributed by atoms with van der Waals surface area (Å²) in [6, 6.07) is 14.8. The average molecular weight is 397 g/mol. The van der Waals surface area contributed by atoms with Crippen LogP contribution in [0, 0.1) is 0 Å². The third kappa shape index (κ3) is 2.99. The summed E-state index contributed by atoms with van der Waals surface area (Å²) in [5.74, 6) is 1.98. The number of carbonyl (C=O) groups excluding carboxylic acids is 1. The molecule has 2 aromatic carbocycles. The number of para-hydroxylation sites is 2. The van der Waals surface area contributed by atoms with Gasteiger partial charge in [0.05, 0.1) is 6.54 Å². The Labute approximate surface area is 166 Å². The van der Waals surface area contributed by atoms with Gasteiger partial charge in [0.15, 0.2) is 11.5 Å². The number of benzene rings is 2. The highest BCUT2D eigenvalue weighted by Gasteiger charge is 2.34. The van der Waals surface area contributed by atoms with Gasteiger partial charge < -0.3 is 18.9 Å². The average Bonchev–Trinajstić information content (AvgIpc) is 3.16. The Kier molecular flexibility index (Phi) is 4.20. The molecule has 1 amide bonds. The van der Waals surface area contributed by atoms with Crippen molar-refractivity contribution in [3.8, 4) is 22.8 Å². The van der Waals surface area contributed by atoms with E-state index in [2.05, 4.69) is 5.16 Å². The van der Waals surface area contributed by atoms with Gasteiger partial charge in [-0.15, -0.1) is 0 Å². The molecule has 0 aliphatic carbocycles. The first-order valence-electron chi connectivity index (χ1n) is 9.09. The van der Waals surface area contributed by atoms with Crippen LogP contribution < -0.4 is 9.47 Å². The van der Waals surface area contributed by atoms with E-state index in [1.165, 1.54) is 0 Å². The summed E-state index contributed by atoms with van der Waals surface area (Å²) >= 11 is 5.98. The van der Waals surface area contributed by atoms with E-state index >= 15 is 0 Å². The largest absolute Gasteiger partial charge is 0.485 e. The second-order valence-electron chi connectivity index (χ2n) is 6.81. The number of ether oxygens (including phenoxy) is 2. The van der Waals surface area contributed by atoms with Crippen molar-refractivity contribution >= 4 is 17.5 Å². The van der Waals surface area contributed by atoms with Crippen LogP contribution in [0.15, 0.2) is 53.1 Å². The lowest BCUT2D eigenvalue weighted by atomic mass is 10.0. The van der Waals surface area contributed by atoms with Crippen molar-refractivity contribution in [2.45, 2.75) is 19.1 Å². The molecule has 0 saturated heterocycles. The number of rotatable bonds is 2. The third-order valence-electron chi connectivity index (χ3n) is 5.04. The zero-order valence-electron chi connectivity index (χ0n) is 14.9. The maximum absolute atomic E-state index is 13.0. The van der Waals surface area contributed by atoms with Crippen molar-refractivity contribution in [3.05, 3.63) is 64.9 Å². The Morgan fingerprint density at radius 1 is 1.11 bits per heavy atom. The van der Waals surface area contributed by atoms with Gasteiger partial charge in [-0.1, -0.05) is 41.0 Å². The van der Waals surface area contributed by atoms with Crippen molar-refractivity contribution in [3.63, 3.8) is 0 Å². The second kappa shape index (κ2) is 6.87. The van der Waals surface area contributed by atoms with Crippen LogP contribution in [0.2, 0.25) is 5.02 Å². The molecule has 0 N–H and O–H groups in total. The van der Waals surface area contributed by atoms with Crippen molar-refractivity contribution in [2.24, 2.45) is 0 Å². The Morgan fingerprint density at radius 2 is 1.89 bits per heavy atom. The molecule has 7 heteroatoms. The number of carbonyl (C=O) groups is 1. The summed E-state index contributed by atoms with van der Waals surface area (Å²) in [6.45, 7) is 1.19. The van der Waals surface area contributed by atoms with E-state index in [-0.39, 0.29) is 12.5 Å². The maximum Gasteiger partial charge on any atom is 0.267 e. The molecule has 1 atom stereocenters. The lowest BCUT2D eigenvalue weighted by Gasteiger charge is -2.32. The van der Waals surface area contributed by atoms with Gasteiger partial charge in [-0.2, -0.15) is 0 Å². The number of nitrogens with zero attached hydrogens (tertiary/aromatic N) is 2. The predicted octanol–water partition coefficient (Wildman–Crippen LogP) is 3.72. The molecule has 2 aliphatic heterocycles. The molecular formula is C21H17ClN2O4. The first-order valence-corrected chi connectivity index (χ1v) is 9.47. The SMILES string of the molecule is O=C(C1COc2ccccc2O1)N1CCc2onc(-c3ccc(Cl)cc3)c2C1. The quantitative estimate of drug-likeness (QED) is 0.660. The fraction of sp³-hybridized carbons (Fsp3) is 0.238. The molecule has 142 valence electrons. The summed E-state index contributed by atoms with van der Waals surface area (Å²) in [6.07, 6.45) is -0.0402. The number of amides is 1. The summed E-state index contributed by atoms with van der Waals surface area (Å²) in [4.78, 5) is 14.8. The van der Waals surface area contributed by atoms with E-state index < -0.39 is 6.10 Å². The molecule has 0 spiro atoms. The molecule has 0 saturated carbocycles. The minimum absolute atomic E-state index is 0.0941. The smallest absolute Gasteiger partial charge is 0.267 e. The molecule has 6 nitrogen and oxygen atoms in total. The fourth-order valence-corrected chi connectivity index (χ4v) is 3.70. The molecule has 1 unspecified atom stereocenters. The molecule has 2 aliphatic rings. The van der Waals surface area contributed by atoms with Crippen molar-refractivity contribution in [1.29, 1.82) is 0 Å². The van der Waals surface area contributed by atoms with Gasteiger partial charge in [-0.25, -0.2) is 0 Å². The van der Waals surface area contributed by atoms with Gasteiger partial charge in [0.2, 0.25) is 6.10 Å². The summed E-state index contributed by atoms with van der Waals surface area (Å²) in [7, 11) is 0. The molecule has 3 heterocycles. The molecular weight excluding hydrogens is 380 g/mol. The predicted molar refractivity (Wildman–Crippen MR) is 102 cm³/mol. The van der Waals surface area contributed by atoms with Crippen molar-refractivity contribution in [1.82, 2.24) is 10.1 Å². The Bertz CT molecular complexity index is 1030. The van der Waals surface area contributed by atoms with Crippen LogP contribution in [0.25, 0.3) is 11.3 Å². The Balaban J connectivity index is 1.36. The Hall–Kier alpha value is -2.99. The highest BCUT2D eigenvalue weighted by Crippen LogP contribution is 2.33. The van der Waals surface area contributed by atoms with Gasteiger partial charge in [0, 0.05) is 29.1 Å². The van der Waals surface area contributed by atoms with Gasteiger partial charge in [-0.05, 0) is 24.3 Å². The van der Waals surface area contributed by atoms with E-state index in [0.29, 0.717) is 36.0 Å². The molecule has 0 fully saturated rings. The lowest BCUT2D eigenvalue weighted by Crippen LogP contribution is -2.47. The first-order chi connectivity index (χ1) is 13.7. The topological polar surface area (TPSA) is 64.8 Å². The first kappa shape index (κ1) is 17.1. The second-order valence-corrected chi connectivity index (χ2v) is 7.25. The Morgan fingerprint density at radius 3 is 2.71 bits per heavy atom. The molecule has 0 bridgehead atoms. The standard InChI is InChI=1S/C21H17ClN2O4/c22-14-7-5-13(6-8-14)20-15-11-24(10-9-16(15)28-23-20)21(25)19-12-26-17-3-1-2-4-18(17)27-19/h1-8,19H,9-12H2. The van der Waals surface area contributed by atoms with Crippen molar-refractivity contribution < 1.29 is 18.8 Å². The summed E-state index contributed by atoms with van der Waals surface area (Å²) < 4.78 is 17.1. The van der Waals surface area contributed by atoms with E-state index in [1.807, 2.05) is 48.5 Å². The van der Waals surface area contributed by atoms with Gasteiger partial charge in [0.25, 0.3) is 5.91 Å². The van der Waals surface area contributed by atoms with Crippen LogP contribution >= 0.6 is 11.6 Å². The summed E-state index contributed by atoms with van der Waals surface area (Å²) in [5, 5.41) is 4.88. The third-order valence-corrected chi connectivity index (χ3v) is 5.29. The van der Waals surface area contributed by atoms with Crippen molar-refractivity contribution in [2.75, 3.05) is 13.2 Å². The van der Waals surface area contributed by atoms with Crippen LogP contribution in [0.1, 0.15) is 11.3 Å². The van der Waals surface area contributed by atoms with E-state index in [4.69, 9.17) is 25.6 Å². The molecule has 3 aromatic rings. The van der Waals surface area contributed by atoms with Crippen LogP contribution in [0.4, 0.5) is 0 Å². The molecule has 28 heavy (non-hydrogen) atoms.